The van der Waals surface area contributed by atoms with Crippen molar-refractivity contribution in [3.63, 3.8) is 0 Å². The average Bonchev–Trinajstić information content (AvgIpc) is 3.29. The zero-order valence-electron chi connectivity index (χ0n) is 17.4. The molecule has 30 heavy (non-hydrogen) atoms. The molecule has 1 amide bonds. The summed E-state index contributed by atoms with van der Waals surface area (Å²) >= 11 is 0. The molecule has 1 saturated carbocycles. The second-order valence-electron chi connectivity index (χ2n) is 7.40. The number of hydrogen-bond donors (Lipinski definition) is 1. The molecule has 0 saturated heterocycles. The van der Waals surface area contributed by atoms with Crippen LogP contribution in [0.5, 0.6) is 0 Å². The van der Waals surface area contributed by atoms with Crippen molar-refractivity contribution in [3.05, 3.63) is 54.9 Å². The van der Waals surface area contributed by atoms with Gasteiger partial charge in [-0.25, -0.2) is 4.98 Å². The Morgan fingerprint density at radius 2 is 2.17 bits per heavy atom. The molecule has 8 nitrogen and oxygen atoms in total. The number of carbonyl (C=O) groups is 1. The third-order valence-corrected chi connectivity index (χ3v) is 4.92. The van der Waals surface area contributed by atoms with E-state index in [-0.39, 0.29) is 5.91 Å². The fraction of sp³-hybridized carbons (Fsp3) is 0.318. The van der Waals surface area contributed by atoms with Crippen LogP contribution in [0.15, 0.2) is 54.2 Å². The number of anilines is 1. The summed E-state index contributed by atoms with van der Waals surface area (Å²) in [5.41, 5.74) is 3.76. The molecule has 2 heterocycles. The maximum Gasteiger partial charge on any atom is 0.273 e. The highest BCUT2D eigenvalue weighted by Gasteiger charge is 2.26. The first-order valence-electron chi connectivity index (χ1n) is 10.1. The number of nitrogens with one attached hydrogen (secondary N) is 1. The molecule has 0 bridgehead atoms. The van der Waals surface area contributed by atoms with Gasteiger partial charge in [0.25, 0.3) is 5.91 Å². The van der Waals surface area contributed by atoms with E-state index in [9.17, 15) is 4.79 Å². The van der Waals surface area contributed by atoms with Crippen LogP contribution in [0.4, 0.5) is 5.69 Å². The normalized spacial score (nSPS) is 14.8. The van der Waals surface area contributed by atoms with Crippen LogP contribution in [0.2, 0.25) is 0 Å². The summed E-state index contributed by atoms with van der Waals surface area (Å²) in [6.45, 7) is 6.27. The Morgan fingerprint density at radius 3 is 2.87 bits per heavy atom. The summed E-state index contributed by atoms with van der Waals surface area (Å²) < 4.78 is 3.98. The number of imidazole rings is 1. The number of benzene rings is 1. The number of allylic oxidation sites excluding steroid dienone is 1. The van der Waals surface area contributed by atoms with E-state index in [0.29, 0.717) is 24.0 Å². The Bertz CT molecular complexity index is 1120. The molecule has 0 aliphatic heterocycles. The van der Waals surface area contributed by atoms with Gasteiger partial charge in [0.05, 0.1) is 12.0 Å². The van der Waals surface area contributed by atoms with Crippen LogP contribution in [0, 0.1) is 6.92 Å². The summed E-state index contributed by atoms with van der Waals surface area (Å²) in [7, 11) is 0. The Labute approximate surface area is 175 Å². The predicted molar refractivity (Wildman–Crippen MR) is 117 cm³/mol. The number of aryl methyl sites for hydroxylation is 1. The van der Waals surface area contributed by atoms with Crippen molar-refractivity contribution in [2.75, 3.05) is 11.9 Å². The van der Waals surface area contributed by atoms with Crippen molar-refractivity contribution < 1.29 is 4.79 Å². The van der Waals surface area contributed by atoms with Crippen LogP contribution in [0.3, 0.4) is 0 Å². The average molecular weight is 403 g/mol. The van der Waals surface area contributed by atoms with Crippen LogP contribution in [0.1, 0.15) is 38.4 Å². The van der Waals surface area contributed by atoms with Crippen LogP contribution in [-0.2, 0) is 4.79 Å². The lowest BCUT2D eigenvalue weighted by Crippen LogP contribution is -2.22. The number of rotatable bonds is 7. The third kappa shape index (κ3) is 4.37. The molecule has 1 N–H and O–H groups in total. The lowest BCUT2D eigenvalue weighted by molar-refractivity contribution is -0.110. The summed E-state index contributed by atoms with van der Waals surface area (Å²) in [5.74, 6) is 0.566. The van der Waals surface area contributed by atoms with Gasteiger partial charge >= 0.3 is 0 Å². The van der Waals surface area contributed by atoms with Crippen molar-refractivity contribution in [1.82, 2.24) is 24.3 Å². The van der Waals surface area contributed by atoms with E-state index in [1.54, 1.807) is 18.7 Å². The van der Waals surface area contributed by atoms with Crippen LogP contribution in [-0.4, -0.2) is 42.5 Å². The molecule has 2 aromatic heterocycles. The minimum atomic E-state index is -0.256. The quantitative estimate of drug-likeness (QED) is 0.609. The summed E-state index contributed by atoms with van der Waals surface area (Å²) in [4.78, 5) is 21.5. The topological polar surface area (TPSA) is 90.0 Å². The van der Waals surface area contributed by atoms with E-state index in [1.807, 2.05) is 55.8 Å². The second kappa shape index (κ2) is 8.44. The minimum absolute atomic E-state index is 0.256. The number of carbonyl (C=O) groups excluding carboxylic acids is 1. The Morgan fingerprint density at radius 1 is 1.33 bits per heavy atom. The van der Waals surface area contributed by atoms with Crippen LogP contribution >= 0.6 is 0 Å². The van der Waals surface area contributed by atoms with Gasteiger partial charge in [0.15, 0.2) is 5.82 Å². The van der Waals surface area contributed by atoms with Gasteiger partial charge in [0.1, 0.15) is 12.0 Å². The smallest absolute Gasteiger partial charge is 0.273 e. The lowest BCUT2D eigenvalue weighted by atomic mass is 10.1. The lowest BCUT2D eigenvalue weighted by Gasteiger charge is -2.09. The summed E-state index contributed by atoms with van der Waals surface area (Å²) in [6.07, 6.45) is 9.49. The van der Waals surface area contributed by atoms with Crippen molar-refractivity contribution in [3.8, 4) is 11.4 Å². The molecule has 0 spiro atoms. The number of hydrogen-bond acceptors (Lipinski definition) is 5. The molecule has 4 rings (SSSR count). The number of amides is 1. The maximum atomic E-state index is 12.9. The van der Waals surface area contributed by atoms with E-state index in [4.69, 9.17) is 0 Å². The second-order valence-corrected chi connectivity index (χ2v) is 7.40. The van der Waals surface area contributed by atoms with Gasteiger partial charge in [0, 0.05) is 35.7 Å². The number of aliphatic imine (C=N–C) groups is 1. The zero-order chi connectivity index (χ0) is 21.1. The zero-order valence-corrected chi connectivity index (χ0v) is 17.4. The van der Waals surface area contributed by atoms with E-state index >= 15 is 0 Å². The summed E-state index contributed by atoms with van der Waals surface area (Å²) in [6, 6.07) is 8.14. The van der Waals surface area contributed by atoms with E-state index in [0.717, 1.165) is 35.6 Å². The predicted octanol–water partition coefficient (Wildman–Crippen LogP) is 3.75. The van der Waals surface area contributed by atoms with Crippen LogP contribution < -0.4 is 5.32 Å². The van der Waals surface area contributed by atoms with Gasteiger partial charge in [0.2, 0.25) is 0 Å². The maximum absolute atomic E-state index is 12.9. The van der Waals surface area contributed by atoms with Crippen LogP contribution in [0.25, 0.3) is 17.1 Å². The Hall–Kier alpha value is -3.55. The standard InChI is InChI=1S/C22H25N7O/c1-4-23-20(10-16(3)28-12-15(2)24-13-28)22(30)26-18-7-5-6-17(11-18)21-27-25-14-29(21)19-8-9-19/h5-7,10-14,19H,4,8-9H2,1-3H3,(H,26,30)/b16-10+,23-20+. The molecule has 1 aliphatic carbocycles. The molecule has 1 aromatic carbocycles. The third-order valence-electron chi connectivity index (χ3n) is 4.92. The molecule has 0 atom stereocenters. The fourth-order valence-electron chi connectivity index (χ4n) is 3.24. The molecule has 1 aliphatic rings. The molecule has 0 unspecified atom stereocenters. The van der Waals surface area contributed by atoms with E-state index in [2.05, 4.69) is 30.1 Å². The molecule has 3 aromatic rings. The highest BCUT2D eigenvalue weighted by molar-refractivity contribution is 6.47. The highest BCUT2D eigenvalue weighted by atomic mass is 16.1. The largest absolute Gasteiger partial charge is 0.321 e. The first-order chi connectivity index (χ1) is 14.5. The first kappa shape index (κ1) is 19.8. The Balaban J connectivity index is 1.54. The van der Waals surface area contributed by atoms with Gasteiger partial charge in [-0.1, -0.05) is 12.1 Å². The number of aromatic nitrogens is 5. The van der Waals surface area contributed by atoms with Gasteiger partial charge < -0.3 is 14.5 Å². The van der Waals surface area contributed by atoms with Crippen molar-refractivity contribution in [1.29, 1.82) is 0 Å². The van der Waals surface area contributed by atoms with Crippen molar-refractivity contribution in [2.45, 2.75) is 39.7 Å². The molecule has 8 heteroatoms. The fourth-order valence-corrected chi connectivity index (χ4v) is 3.24. The van der Waals surface area contributed by atoms with Gasteiger partial charge in [-0.3, -0.25) is 9.79 Å². The highest BCUT2D eigenvalue weighted by Crippen LogP contribution is 2.37. The SMILES string of the molecule is CC/N=C(\C=C(/C)n1cnc(C)c1)C(=O)Nc1cccc(-c2nncn2C2CC2)c1. The molecule has 1 fully saturated rings. The summed E-state index contributed by atoms with van der Waals surface area (Å²) in [5, 5.41) is 11.3. The van der Waals surface area contributed by atoms with Crippen molar-refractivity contribution >= 4 is 23.0 Å². The first-order valence-corrected chi connectivity index (χ1v) is 10.1. The van der Waals surface area contributed by atoms with E-state index in [1.165, 1.54) is 0 Å². The minimum Gasteiger partial charge on any atom is -0.321 e. The molecule has 0 radical (unpaired) electrons. The monoisotopic (exact) mass is 403 g/mol. The van der Waals surface area contributed by atoms with Gasteiger partial charge in [-0.15, -0.1) is 10.2 Å². The number of nitrogens with zero attached hydrogens (tertiary/aromatic N) is 6. The van der Waals surface area contributed by atoms with Crippen molar-refractivity contribution in [2.24, 2.45) is 4.99 Å². The molecule has 154 valence electrons. The molecular weight excluding hydrogens is 378 g/mol. The van der Waals surface area contributed by atoms with E-state index < -0.39 is 0 Å². The molecular formula is C22H25N7O. The van der Waals surface area contributed by atoms with Gasteiger partial charge in [-0.2, -0.15) is 0 Å². The Kier molecular flexibility index (Phi) is 5.56. The van der Waals surface area contributed by atoms with Gasteiger partial charge in [-0.05, 0) is 51.8 Å².